The van der Waals surface area contributed by atoms with Gasteiger partial charge in [0, 0.05) is 19.5 Å². The monoisotopic (exact) mass is 363 g/mol. The van der Waals surface area contributed by atoms with E-state index in [4.69, 9.17) is 9.47 Å². The van der Waals surface area contributed by atoms with E-state index in [0.717, 1.165) is 37.3 Å². The molecule has 0 spiro atoms. The van der Waals surface area contributed by atoms with Crippen LogP contribution in [0.15, 0.2) is 18.2 Å². The van der Waals surface area contributed by atoms with E-state index in [9.17, 15) is 5.11 Å². The molecule has 140 valence electrons. The lowest BCUT2D eigenvalue weighted by Gasteiger charge is -2.53. The Morgan fingerprint density at radius 3 is 2.40 bits per heavy atom. The smallest absolute Gasteiger partial charge is 0.161 e. The number of aliphatic hydroxyl groups excluding tert-OH is 1. The summed E-state index contributed by atoms with van der Waals surface area (Å²) in [5.41, 5.74) is 2.02. The van der Waals surface area contributed by atoms with Gasteiger partial charge in [0.2, 0.25) is 0 Å². The van der Waals surface area contributed by atoms with Crippen LogP contribution in [0.2, 0.25) is 25.2 Å². The van der Waals surface area contributed by atoms with Gasteiger partial charge in [-0.2, -0.15) is 0 Å². The van der Waals surface area contributed by atoms with E-state index in [-0.39, 0.29) is 11.5 Å². The predicted molar refractivity (Wildman–Crippen MR) is 105 cm³/mol. The van der Waals surface area contributed by atoms with Crippen LogP contribution in [0, 0.1) is 0 Å². The third-order valence-electron chi connectivity index (χ3n) is 6.60. The Morgan fingerprint density at radius 2 is 1.80 bits per heavy atom. The highest BCUT2D eigenvalue weighted by molar-refractivity contribution is 6.77. The second-order valence-corrected chi connectivity index (χ2v) is 14.3. The van der Waals surface area contributed by atoms with Crippen LogP contribution in [-0.2, 0) is 5.41 Å². The van der Waals surface area contributed by atoms with Crippen molar-refractivity contribution in [2.75, 3.05) is 27.8 Å². The molecule has 25 heavy (non-hydrogen) atoms. The van der Waals surface area contributed by atoms with Crippen molar-refractivity contribution in [2.45, 2.75) is 62.0 Å². The van der Waals surface area contributed by atoms with E-state index < -0.39 is 8.07 Å². The van der Waals surface area contributed by atoms with Crippen LogP contribution >= 0.6 is 0 Å². The summed E-state index contributed by atoms with van der Waals surface area (Å²) in [5.74, 6) is 1.59. The summed E-state index contributed by atoms with van der Waals surface area (Å²) in [6, 6.07) is 6.87. The molecule has 0 radical (unpaired) electrons. The molecule has 0 amide bonds. The first-order valence-electron chi connectivity index (χ1n) is 9.35. The first-order chi connectivity index (χ1) is 11.7. The van der Waals surface area contributed by atoms with E-state index in [0.29, 0.717) is 11.6 Å². The quantitative estimate of drug-likeness (QED) is 0.831. The first-order valence-corrected chi connectivity index (χ1v) is 12.9. The third kappa shape index (κ3) is 3.00. The van der Waals surface area contributed by atoms with E-state index in [1.165, 1.54) is 5.56 Å². The Hall–Kier alpha value is -1.04. The number of likely N-dealkylation sites (tertiary alicyclic amines) is 1. The van der Waals surface area contributed by atoms with Crippen LogP contribution in [0.25, 0.3) is 0 Å². The predicted octanol–water partition coefficient (Wildman–Crippen LogP) is 3.51. The van der Waals surface area contributed by atoms with Gasteiger partial charge in [-0.1, -0.05) is 25.7 Å². The molecule has 1 saturated carbocycles. The number of methoxy groups -OCH3 is 2. The zero-order valence-electron chi connectivity index (χ0n) is 16.5. The lowest BCUT2D eigenvalue weighted by molar-refractivity contribution is 0.0551. The number of benzene rings is 1. The highest BCUT2D eigenvalue weighted by Gasteiger charge is 2.58. The fraction of sp³-hybridized carbons (Fsp3) is 0.700. The maximum atomic E-state index is 10.6. The second kappa shape index (κ2) is 6.60. The van der Waals surface area contributed by atoms with E-state index in [2.05, 4.69) is 43.7 Å². The molecule has 5 heteroatoms. The maximum Gasteiger partial charge on any atom is 0.161 e. The lowest BCUT2D eigenvalue weighted by atomic mass is 9.65. The summed E-state index contributed by atoms with van der Waals surface area (Å²) in [6.07, 6.45) is 2.77. The van der Waals surface area contributed by atoms with Crippen LogP contribution in [-0.4, -0.2) is 58.0 Å². The minimum Gasteiger partial charge on any atom is -0.493 e. The van der Waals surface area contributed by atoms with Gasteiger partial charge in [0.15, 0.2) is 11.5 Å². The Kier molecular flexibility index (Phi) is 4.95. The van der Waals surface area contributed by atoms with Crippen molar-refractivity contribution in [1.82, 2.24) is 4.90 Å². The van der Waals surface area contributed by atoms with Gasteiger partial charge in [-0.25, -0.2) is 0 Å². The number of ether oxygens (including phenoxy) is 2. The number of hydrogen-bond donors (Lipinski definition) is 1. The molecule has 1 aliphatic heterocycles. The van der Waals surface area contributed by atoms with Crippen molar-refractivity contribution in [3.8, 4) is 11.5 Å². The molecular weight excluding hydrogens is 330 g/mol. The van der Waals surface area contributed by atoms with Gasteiger partial charge in [0.1, 0.15) is 0 Å². The summed E-state index contributed by atoms with van der Waals surface area (Å²) < 4.78 is 11.1. The first kappa shape index (κ1) is 18.7. The highest BCUT2D eigenvalue weighted by Crippen LogP contribution is 2.58. The minimum atomic E-state index is -1.48. The maximum absolute atomic E-state index is 10.6. The zero-order chi connectivity index (χ0) is 18.4. The molecule has 1 aromatic carbocycles. The summed E-state index contributed by atoms with van der Waals surface area (Å²) in [4.78, 5) is 2.46. The van der Waals surface area contributed by atoms with Crippen LogP contribution in [0.3, 0.4) is 0 Å². The second-order valence-electron chi connectivity index (χ2n) is 8.90. The number of fused-ring (bicyclic) bond motifs is 1. The van der Waals surface area contributed by atoms with Crippen molar-refractivity contribution in [1.29, 1.82) is 0 Å². The molecule has 1 aliphatic carbocycles. The van der Waals surface area contributed by atoms with Crippen molar-refractivity contribution in [2.24, 2.45) is 0 Å². The van der Waals surface area contributed by atoms with E-state index >= 15 is 0 Å². The Bertz CT molecular complexity index is 630. The van der Waals surface area contributed by atoms with Crippen molar-refractivity contribution < 1.29 is 14.6 Å². The molecule has 4 atom stereocenters. The average molecular weight is 364 g/mol. The van der Waals surface area contributed by atoms with E-state index in [1.807, 2.05) is 6.07 Å². The van der Waals surface area contributed by atoms with Gasteiger partial charge in [0.05, 0.1) is 20.3 Å². The number of aliphatic hydroxyl groups is 1. The molecule has 0 bridgehead atoms. The fourth-order valence-electron chi connectivity index (χ4n) is 5.50. The molecule has 1 heterocycles. The normalized spacial score (nSPS) is 33.2. The van der Waals surface area contributed by atoms with Gasteiger partial charge >= 0.3 is 0 Å². The van der Waals surface area contributed by atoms with Crippen molar-refractivity contribution >= 4 is 8.07 Å². The summed E-state index contributed by atoms with van der Waals surface area (Å²) in [7, 11) is 4.13. The molecule has 1 N–H and O–H groups in total. The van der Waals surface area contributed by atoms with Gasteiger partial charge in [-0.3, -0.25) is 0 Å². The largest absolute Gasteiger partial charge is 0.493 e. The van der Waals surface area contributed by atoms with Crippen LogP contribution < -0.4 is 9.47 Å². The molecular formula is C20H33NO3Si. The third-order valence-corrected chi connectivity index (χ3v) is 9.44. The van der Waals surface area contributed by atoms with Crippen LogP contribution in [0.5, 0.6) is 11.5 Å². The average Bonchev–Trinajstić information content (AvgIpc) is 2.90. The minimum absolute atomic E-state index is 0.109. The standard InChI is InChI=1S/C20H33NO3Si/c1-21-10-9-20(14-7-8-16(23-2)17(11-14)24-3)18(21)12-15(22)13-19(20)25(4,5)6/h7-8,11,15,18-19,22H,9-10,12-13H2,1-6H3/t15-,18-,19+,20+/m0/s1. The van der Waals surface area contributed by atoms with Crippen LogP contribution in [0.1, 0.15) is 24.8 Å². The Balaban J connectivity index is 2.16. The number of likely N-dealkylation sites (N-methyl/N-ethyl adjacent to an activating group) is 1. The molecule has 2 aliphatic rings. The Labute approximate surface area is 153 Å². The molecule has 1 aromatic rings. The summed E-state index contributed by atoms with van der Waals surface area (Å²) in [6.45, 7) is 8.45. The molecule has 1 saturated heterocycles. The molecule has 0 unspecified atom stereocenters. The van der Waals surface area contributed by atoms with Crippen LogP contribution in [0.4, 0.5) is 0 Å². The van der Waals surface area contributed by atoms with Gasteiger partial charge in [0.25, 0.3) is 0 Å². The number of hydrogen-bond acceptors (Lipinski definition) is 4. The number of rotatable bonds is 4. The molecule has 4 nitrogen and oxygen atoms in total. The topological polar surface area (TPSA) is 41.9 Å². The Morgan fingerprint density at radius 1 is 1.12 bits per heavy atom. The lowest BCUT2D eigenvalue weighted by Crippen LogP contribution is -2.56. The summed E-state index contributed by atoms with van der Waals surface area (Å²) in [5, 5.41) is 10.6. The van der Waals surface area contributed by atoms with Gasteiger partial charge in [-0.05, 0) is 56.1 Å². The van der Waals surface area contributed by atoms with Crippen molar-refractivity contribution in [3.63, 3.8) is 0 Å². The van der Waals surface area contributed by atoms with E-state index in [1.54, 1.807) is 14.2 Å². The molecule has 3 rings (SSSR count). The number of nitrogens with zero attached hydrogens (tertiary/aromatic N) is 1. The van der Waals surface area contributed by atoms with Gasteiger partial charge < -0.3 is 19.5 Å². The summed E-state index contributed by atoms with van der Waals surface area (Å²) >= 11 is 0. The molecule has 2 fully saturated rings. The fourth-order valence-corrected chi connectivity index (χ4v) is 8.53. The molecule has 0 aromatic heterocycles. The van der Waals surface area contributed by atoms with Crippen molar-refractivity contribution in [3.05, 3.63) is 23.8 Å². The van der Waals surface area contributed by atoms with Gasteiger partial charge in [-0.15, -0.1) is 0 Å². The highest BCUT2D eigenvalue weighted by atomic mass is 28.3. The SMILES string of the molecule is COc1ccc([C@]23CCN(C)[C@H]2C[C@H](O)C[C@H]3[Si](C)(C)C)cc1OC. The zero-order valence-corrected chi connectivity index (χ0v) is 17.5.